The Hall–Kier alpha value is -1.13. The highest BCUT2D eigenvalue weighted by atomic mass is 32.2. The topological polar surface area (TPSA) is 84.2 Å². The average Bonchev–Trinajstić information content (AvgIpc) is 2.73. The smallest absolute Gasteiger partial charge is 0.382 e. The lowest BCUT2D eigenvalue weighted by atomic mass is 10.4. The zero-order chi connectivity index (χ0) is 14.0. The molecule has 1 heterocycles. The molecule has 0 aliphatic carbocycles. The molecule has 10 heteroatoms. The summed E-state index contributed by atoms with van der Waals surface area (Å²) in [5.74, 6) is 0. The number of alkyl halides is 3. The van der Waals surface area contributed by atoms with Crippen molar-refractivity contribution in [3.05, 3.63) is 12.5 Å². The molecule has 0 fully saturated rings. The van der Waals surface area contributed by atoms with Crippen LogP contribution in [0.1, 0.15) is 6.92 Å². The number of nitrogens with zero attached hydrogens (tertiary/aromatic N) is 2. The van der Waals surface area contributed by atoms with Crippen molar-refractivity contribution in [3.63, 3.8) is 0 Å². The number of aromatic nitrogens is 2. The molecule has 1 rings (SSSR count). The predicted octanol–water partition coefficient (Wildman–Crippen LogP) is 0.104. The van der Waals surface area contributed by atoms with Crippen LogP contribution in [0.25, 0.3) is 0 Å². The van der Waals surface area contributed by atoms with E-state index in [1.165, 1.54) is 17.1 Å². The van der Waals surface area contributed by atoms with E-state index in [2.05, 4.69) is 4.98 Å². The number of imidazole rings is 1. The fraction of sp³-hybridized carbons (Fsp3) is 0.625. The lowest BCUT2D eigenvalue weighted by Crippen LogP contribution is -2.40. The minimum Gasteiger partial charge on any atom is -0.382 e. The molecule has 0 amide bonds. The maximum Gasteiger partial charge on any atom is 0.415 e. The molecule has 18 heavy (non-hydrogen) atoms. The second kappa shape index (κ2) is 5.24. The van der Waals surface area contributed by atoms with E-state index in [0.29, 0.717) is 6.54 Å². The van der Waals surface area contributed by atoms with Gasteiger partial charge in [0.25, 0.3) is 10.0 Å². The first-order valence-electron chi connectivity index (χ1n) is 4.93. The van der Waals surface area contributed by atoms with Crippen molar-refractivity contribution in [2.24, 2.45) is 0 Å². The molecule has 0 aliphatic rings. The van der Waals surface area contributed by atoms with E-state index in [9.17, 15) is 21.6 Å². The van der Waals surface area contributed by atoms with Crippen LogP contribution in [0.3, 0.4) is 0 Å². The predicted molar refractivity (Wildman–Crippen MR) is 55.2 cm³/mol. The van der Waals surface area contributed by atoms with E-state index in [-0.39, 0.29) is 0 Å². The molecule has 1 aromatic rings. The van der Waals surface area contributed by atoms with E-state index in [1.807, 2.05) is 0 Å². The van der Waals surface area contributed by atoms with Crippen molar-refractivity contribution in [3.8, 4) is 0 Å². The summed E-state index contributed by atoms with van der Waals surface area (Å²) in [6.07, 6.45) is -5.19. The normalized spacial score (nSPS) is 14.7. The molecular formula is C8H12F3N3O3S. The number of halogens is 3. The first-order valence-corrected chi connectivity index (χ1v) is 6.41. The Balaban J connectivity index is 2.71. The number of hydrogen-bond acceptors (Lipinski definition) is 4. The molecule has 0 bridgehead atoms. The van der Waals surface area contributed by atoms with E-state index in [1.54, 1.807) is 11.6 Å². The average molecular weight is 287 g/mol. The van der Waals surface area contributed by atoms with Crippen LogP contribution in [-0.4, -0.2) is 41.9 Å². The maximum absolute atomic E-state index is 12.0. The van der Waals surface area contributed by atoms with Crippen LogP contribution >= 0.6 is 0 Å². The van der Waals surface area contributed by atoms with Gasteiger partial charge in [-0.05, 0) is 6.92 Å². The van der Waals surface area contributed by atoms with Gasteiger partial charge in [0.1, 0.15) is 0 Å². The Morgan fingerprint density at radius 1 is 1.56 bits per heavy atom. The van der Waals surface area contributed by atoms with Gasteiger partial charge in [0.15, 0.2) is 11.1 Å². The van der Waals surface area contributed by atoms with Gasteiger partial charge in [-0.2, -0.15) is 13.2 Å². The SMILES string of the molecule is CCn1cnc(S(=O)(=O)NCC(O)C(F)(F)F)c1. The summed E-state index contributed by atoms with van der Waals surface area (Å²) in [5, 5.41) is 8.28. The van der Waals surface area contributed by atoms with E-state index < -0.39 is 33.9 Å². The highest BCUT2D eigenvalue weighted by Gasteiger charge is 2.38. The van der Waals surface area contributed by atoms with Crippen LogP contribution in [0.4, 0.5) is 13.2 Å². The molecule has 0 radical (unpaired) electrons. The van der Waals surface area contributed by atoms with Crippen LogP contribution in [-0.2, 0) is 16.6 Å². The molecule has 104 valence electrons. The standard InChI is InChI=1S/C8H12F3N3O3S/c1-2-14-4-7(12-5-14)18(16,17)13-3-6(15)8(9,10)11/h4-6,13,15H,2-3H2,1H3. The van der Waals surface area contributed by atoms with Crippen LogP contribution in [0.15, 0.2) is 17.6 Å². The number of aliphatic hydroxyl groups excluding tert-OH is 1. The number of hydrogen-bond donors (Lipinski definition) is 2. The molecule has 2 N–H and O–H groups in total. The van der Waals surface area contributed by atoms with Gasteiger partial charge in [-0.1, -0.05) is 0 Å². The Morgan fingerprint density at radius 2 is 2.17 bits per heavy atom. The van der Waals surface area contributed by atoms with E-state index in [4.69, 9.17) is 5.11 Å². The molecular weight excluding hydrogens is 275 g/mol. The minimum absolute atomic E-state index is 0.390. The number of sulfonamides is 1. The molecule has 6 nitrogen and oxygen atoms in total. The fourth-order valence-corrected chi connectivity index (χ4v) is 2.01. The van der Waals surface area contributed by atoms with E-state index >= 15 is 0 Å². The minimum atomic E-state index is -4.87. The Labute approximate surface area is 101 Å². The highest BCUT2D eigenvalue weighted by molar-refractivity contribution is 7.89. The summed E-state index contributed by atoms with van der Waals surface area (Å²) in [7, 11) is -4.15. The van der Waals surface area contributed by atoms with Crippen molar-refractivity contribution >= 4 is 10.0 Å². The van der Waals surface area contributed by atoms with Crippen molar-refractivity contribution in [1.29, 1.82) is 0 Å². The lowest BCUT2D eigenvalue weighted by molar-refractivity contribution is -0.200. The van der Waals surface area contributed by atoms with Gasteiger partial charge in [0, 0.05) is 19.3 Å². The van der Waals surface area contributed by atoms with Gasteiger partial charge in [-0.15, -0.1) is 0 Å². The number of aliphatic hydroxyl groups is 1. The third-order valence-electron chi connectivity index (χ3n) is 2.09. The third-order valence-corrected chi connectivity index (χ3v) is 3.40. The van der Waals surface area contributed by atoms with Crippen molar-refractivity contribution in [2.75, 3.05) is 6.54 Å². The van der Waals surface area contributed by atoms with Gasteiger partial charge >= 0.3 is 6.18 Å². The molecule has 0 spiro atoms. The van der Waals surface area contributed by atoms with Crippen molar-refractivity contribution in [1.82, 2.24) is 14.3 Å². The Morgan fingerprint density at radius 3 is 2.61 bits per heavy atom. The number of aryl methyl sites for hydroxylation is 1. The molecule has 1 aromatic heterocycles. The van der Waals surface area contributed by atoms with Crippen molar-refractivity contribution in [2.45, 2.75) is 30.8 Å². The third kappa shape index (κ3) is 3.68. The fourth-order valence-electron chi connectivity index (χ4n) is 1.03. The molecule has 0 saturated carbocycles. The summed E-state index contributed by atoms with van der Waals surface area (Å²) in [4.78, 5) is 3.55. The van der Waals surface area contributed by atoms with Gasteiger partial charge in [-0.3, -0.25) is 0 Å². The van der Waals surface area contributed by atoms with E-state index in [0.717, 1.165) is 0 Å². The van der Waals surface area contributed by atoms with Crippen LogP contribution < -0.4 is 4.72 Å². The molecule has 0 aliphatic heterocycles. The summed E-state index contributed by atoms with van der Waals surface area (Å²) in [6, 6.07) is 0. The maximum atomic E-state index is 12.0. The summed E-state index contributed by atoms with van der Waals surface area (Å²) in [6.45, 7) is 1.08. The lowest BCUT2D eigenvalue weighted by Gasteiger charge is -2.14. The number of rotatable bonds is 5. The summed E-state index contributed by atoms with van der Waals surface area (Å²) >= 11 is 0. The molecule has 1 atom stereocenters. The van der Waals surface area contributed by atoms with Crippen LogP contribution in [0.5, 0.6) is 0 Å². The number of nitrogens with one attached hydrogen (secondary N) is 1. The monoisotopic (exact) mass is 287 g/mol. The Kier molecular flexibility index (Phi) is 4.35. The van der Waals surface area contributed by atoms with Crippen LogP contribution in [0, 0.1) is 0 Å². The van der Waals surface area contributed by atoms with Gasteiger partial charge in [-0.25, -0.2) is 18.1 Å². The first kappa shape index (κ1) is 14.9. The van der Waals surface area contributed by atoms with Crippen molar-refractivity contribution < 1.29 is 26.7 Å². The molecule has 0 saturated heterocycles. The second-order valence-electron chi connectivity index (χ2n) is 3.45. The van der Waals surface area contributed by atoms with Crippen LogP contribution in [0.2, 0.25) is 0 Å². The highest BCUT2D eigenvalue weighted by Crippen LogP contribution is 2.19. The first-order chi connectivity index (χ1) is 8.16. The van der Waals surface area contributed by atoms with Gasteiger partial charge < -0.3 is 9.67 Å². The van der Waals surface area contributed by atoms with Gasteiger partial charge in [0.2, 0.25) is 0 Å². The summed E-state index contributed by atoms with van der Waals surface area (Å²) < 4.78 is 62.1. The summed E-state index contributed by atoms with van der Waals surface area (Å²) in [5.41, 5.74) is 0. The molecule has 0 aromatic carbocycles. The Bertz CT molecular complexity index is 497. The quantitative estimate of drug-likeness (QED) is 0.804. The zero-order valence-electron chi connectivity index (χ0n) is 9.35. The van der Waals surface area contributed by atoms with Gasteiger partial charge in [0.05, 0.1) is 6.33 Å². The molecule has 1 unspecified atom stereocenters. The second-order valence-corrected chi connectivity index (χ2v) is 5.17. The largest absolute Gasteiger partial charge is 0.415 e. The zero-order valence-corrected chi connectivity index (χ0v) is 10.2.